The van der Waals surface area contributed by atoms with E-state index in [1.54, 1.807) is 22.4 Å². The number of carbonyl (C=O) groups excluding carboxylic acids is 1. The predicted molar refractivity (Wildman–Crippen MR) is 128 cm³/mol. The summed E-state index contributed by atoms with van der Waals surface area (Å²) in [7, 11) is 1.87. The first-order chi connectivity index (χ1) is 15.9. The maximum Gasteiger partial charge on any atom is 0.235 e. The molecule has 33 heavy (non-hydrogen) atoms. The summed E-state index contributed by atoms with van der Waals surface area (Å²) in [5.74, 6) is 0.996. The van der Waals surface area contributed by atoms with Gasteiger partial charge in [0.25, 0.3) is 0 Å². The van der Waals surface area contributed by atoms with E-state index in [9.17, 15) is 4.79 Å². The molecule has 4 rings (SSSR count). The number of aromatic nitrogens is 5. The van der Waals surface area contributed by atoms with Gasteiger partial charge in [-0.2, -0.15) is 19.9 Å². The molecule has 3 heterocycles. The van der Waals surface area contributed by atoms with Crippen molar-refractivity contribution in [2.75, 3.05) is 18.0 Å². The van der Waals surface area contributed by atoms with Crippen LogP contribution in [0.3, 0.4) is 0 Å². The molecule has 0 aliphatic carbocycles. The highest BCUT2D eigenvalue weighted by atomic mass is 16.1. The molecule has 1 aliphatic heterocycles. The molecule has 1 aliphatic rings. The first kappa shape index (κ1) is 22.3. The molecule has 10 heteroatoms. The molecule has 0 amide bonds. The van der Waals surface area contributed by atoms with Crippen molar-refractivity contribution in [2.45, 2.75) is 40.7 Å². The summed E-state index contributed by atoms with van der Waals surface area (Å²) in [5.41, 5.74) is 5.68. The van der Waals surface area contributed by atoms with Gasteiger partial charge in [-0.1, -0.05) is 0 Å². The van der Waals surface area contributed by atoms with Gasteiger partial charge in [-0.15, -0.1) is 10.2 Å². The third-order valence-electron chi connectivity index (χ3n) is 5.83. The van der Waals surface area contributed by atoms with Crippen molar-refractivity contribution in [3.63, 3.8) is 0 Å². The molecule has 0 saturated carbocycles. The van der Waals surface area contributed by atoms with E-state index in [1.807, 2.05) is 33.0 Å². The van der Waals surface area contributed by atoms with E-state index in [1.165, 1.54) is 0 Å². The lowest BCUT2D eigenvalue weighted by Crippen LogP contribution is -2.23. The molecule has 170 valence electrons. The number of rotatable bonds is 7. The van der Waals surface area contributed by atoms with Crippen molar-refractivity contribution in [2.24, 2.45) is 22.1 Å². The van der Waals surface area contributed by atoms with Crippen molar-refractivity contribution in [1.82, 2.24) is 24.7 Å². The van der Waals surface area contributed by atoms with Crippen LogP contribution in [0.1, 0.15) is 37.9 Å². The lowest BCUT2D eigenvalue weighted by molar-refractivity contribution is 0.562. The van der Waals surface area contributed by atoms with Gasteiger partial charge in [-0.25, -0.2) is 9.79 Å². The van der Waals surface area contributed by atoms with Crippen LogP contribution in [0.4, 0.5) is 11.4 Å². The average Bonchev–Trinajstić information content (AvgIpc) is 3.45. The zero-order chi connectivity index (χ0) is 23.7. The van der Waals surface area contributed by atoms with Crippen LogP contribution in [-0.2, 0) is 11.8 Å². The molecule has 0 saturated heterocycles. The van der Waals surface area contributed by atoms with E-state index in [0.717, 1.165) is 35.7 Å². The van der Waals surface area contributed by atoms with E-state index in [2.05, 4.69) is 56.3 Å². The Kier molecular flexibility index (Phi) is 6.02. The zero-order valence-corrected chi connectivity index (χ0v) is 19.7. The summed E-state index contributed by atoms with van der Waals surface area (Å²) in [6.07, 6.45) is 1.62. The molecule has 0 bridgehead atoms. The van der Waals surface area contributed by atoms with Gasteiger partial charge in [0.15, 0.2) is 0 Å². The van der Waals surface area contributed by atoms with Crippen LogP contribution in [0.5, 0.6) is 0 Å². The fourth-order valence-electron chi connectivity index (χ4n) is 3.82. The largest absolute Gasteiger partial charge is 0.372 e. The van der Waals surface area contributed by atoms with E-state index >= 15 is 0 Å². The van der Waals surface area contributed by atoms with Crippen LogP contribution < -0.4 is 4.90 Å². The number of anilines is 1. The minimum Gasteiger partial charge on any atom is -0.372 e. The maximum atomic E-state index is 11.0. The quantitative estimate of drug-likeness (QED) is 0.410. The molecular formula is C23H27N9O. The van der Waals surface area contributed by atoms with Gasteiger partial charge in [0.2, 0.25) is 17.7 Å². The molecule has 0 fully saturated rings. The summed E-state index contributed by atoms with van der Waals surface area (Å²) in [6, 6.07) is 7.56. The highest BCUT2D eigenvalue weighted by Gasteiger charge is 2.32. The maximum absolute atomic E-state index is 11.0. The Morgan fingerprint density at radius 1 is 1.12 bits per heavy atom. The summed E-state index contributed by atoms with van der Waals surface area (Å²) < 4.78 is 3.39. The topological polar surface area (TPSA) is 106 Å². The lowest BCUT2D eigenvalue weighted by atomic mass is 10.1. The SMILES string of the molecule is CCN(CC)c1ccc(/N=C2/C(C(C)N=C=O)=Nn3c2nnc3-c2cc(C)n(C)n2)c(C)c1. The first-order valence-corrected chi connectivity index (χ1v) is 10.9. The van der Waals surface area contributed by atoms with E-state index in [-0.39, 0.29) is 0 Å². The van der Waals surface area contributed by atoms with Crippen molar-refractivity contribution in [3.8, 4) is 11.5 Å². The van der Waals surface area contributed by atoms with Gasteiger partial charge in [-0.3, -0.25) is 4.68 Å². The fourth-order valence-corrected chi connectivity index (χ4v) is 3.82. The summed E-state index contributed by atoms with van der Waals surface area (Å²) >= 11 is 0. The van der Waals surface area contributed by atoms with Gasteiger partial charge in [0, 0.05) is 31.5 Å². The van der Waals surface area contributed by atoms with Gasteiger partial charge in [0.1, 0.15) is 23.2 Å². The Bertz CT molecular complexity index is 1280. The summed E-state index contributed by atoms with van der Waals surface area (Å²) in [5, 5.41) is 17.8. The summed E-state index contributed by atoms with van der Waals surface area (Å²) in [4.78, 5) is 22.0. The zero-order valence-electron chi connectivity index (χ0n) is 19.7. The third kappa shape index (κ3) is 4.01. The molecule has 1 atom stereocenters. The van der Waals surface area contributed by atoms with Crippen molar-refractivity contribution >= 4 is 28.9 Å². The Labute approximate surface area is 192 Å². The molecule has 10 nitrogen and oxygen atoms in total. The first-order valence-electron chi connectivity index (χ1n) is 10.9. The number of hydrogen-bond donors (Lipinski definition) is 0. The Hall–Kier alpha value is -3.91. The monoisotopic (exact) mass is 445 g/mol. The average molecular weight is 446 g/mol. The van der Waals surface area contributed by atoms with Crippen molar-refractivity contribution < 1.29 is 4.79 Å². The molecule has 3 aromatic rings. The van der Waals surface area contributed by atoms with Crippen LogP contribution in [0, 0.1) is 13.8 Å². The Balaban J connectivity index is 1.82. The van der Waals surface area contributed by atoms with Gasteiger partial charge in [0.05, 0.1) is 5.69 Å². The van der Waals surface area contributed by atoms with Gasteiger partial charge >= 0.3 is 0 Å². The number of aliphatic imine (C=N–C) groups is 2. The number of isocyanates is 1. The standard InChI is InChI=1S/C23H27N9O/c1-7-31(8-2)17-9-10-18(14(3)11-17)25-21-20(16(5)24-13-33)29-32-22(26-27-23(21)32)19-12-15(4)30(6)28-19/h9-12,16H,7-8H2,1-6H3/b25-21-. The summed E-state index contributed by atoms with van der Waals surface area (Å²) in [6.45, 7) is 11.9. The number of aryl methyl sites for hydroxylation is 3. The third-order valence-corrected chi connectivity index (χ3v) is 5.83. The van der Waals surface area contributed by atoms with Crippen LogP contribution in [0.2, 0.25) is 0 Å². The molecule has 0 radical (unpaired) electrons. The molecule has 2 aromatic heterocycles. The number of nitrogens with zero attached hydrogens (tertiary/aromatic N) is 9. The molecule has 0 spiro atoms. The minimum atomic E-state index is -0.531. The Morgan fingerprint density at radius 2 is 1.85 bits per heavy atom. The van der Waals surface area contributed by atoms with Crippen molar-refractivity contribution in [1.29, 1.82) is 0 Å². The Morgan fingerprint density at radius 3 is 2.45 bits per heavy atom. The lowest BCUT2D eigenvalue weighted by Gasteiger charge is -2.21. The number of benzene rings is 1. The van der Waals surface area contributed by atoms with Crippen LogP contribution in [0.15, 0.2) is 39.4 Å². The van der Waals surface area contributed by atoms with Crippen LogP contribution >= 0.6 is 0 Å². The van der Waals surface area contributed by atoms with Crippen molar-refractivity contribution in [3.05, 3.63) is 41.3 Å². The fraction of sp³-hybridized carbons (Fsp3) is 0.391. The number of fused-ring (bicyclic) bond motifs is 1. The van der Waals surface area contributed by atoms with Crippen LogP contribution in [0.25, 0.3) is 11.5 Å². The molecule has 1 unspecified atom stereocenters. The minimum absolute atomic E-state index is 0.489. The number of hydrogen-bond acceptors (Lipinski definition) is 8. The smallest absolute Gasteiger partial charge is 0.235 e. The van der Waals surface area contributed by atoms with Crippen LogP contribution in [-0.4, -0.2) is 61.3 Å². The second-order valence-electron chi connectivity index (χ2n) is 7.94. The second kappa shape index (κ2) is 8.91. The van der Waals surface area contributed by atoms with Gasteiger partial charge in [-0.05, 0) is 64.4 Å². The van der Waals surface area contributed by atoms with Gasteiger partial charge < -0.3 is 4.90 Å². The second-order valence-corrected chi connectivity index (χ2v) is 7.94. The highest BCUT2D eigenvalue weighted by molar-refractivity contribution is 6.50. The normalized spacial score (nSPS) is 14.7. The van der Waals surface area contributed by atoms with E-state index < -0.39 is 6.04 Å². The van der Waals surface area contributed by atoms with E-state index in [4.69, 9.17) is 4.99 Å². The molecule has 1 aromatic carbocycles. The van der Waals surface area contributed by atoms with E-state index in [0.29, 0.717) is 28.8 Å². The molecular weight excluding hydrogens is 418 g/mol. The highest BCUT2D eigenvalue weighted by Crippen LogP contribution is 2.28. The molecule has 0 N–H and O–H groups in total. The predicted octanol–water partition coefficient (Wildman–Crippen LogP) is 3.20.